The number of nitrogens with zero attached hydrogens (tertiary/aromatic N) is 2. The second-order valence-corrected chi connectivity index (χ2v) is 5.14. The van der Waals surface area contributed by atoms with Gasteiger partial charge in [-0.3, -0.25) is 0 Å². The van der Waals surface area contributed by atoms with Crippen molar-refractivity contribution in [3.8, 4) is 11.5 Å². The number of nitrogens with one attached hydrogen (secondary N) is 2. The summed E-state index contributed by atoms with van der Waals surface area (Å²) >= 11 is 0. The van der Waals surface area contributed by atoms with Crippen LogP contribution in [0.25, 0.3) is 11.5 Å². The van der Waals surface area contributed by atoms with Crippen molar-refractivity contribution in [3.63, 3.8) is 0 Å². The molecule has 0 amide bonds. The molecule has 92 valence electrons. The standard InChI is InChI=1S/C14H16N4/c1-2-12(16-6-1)14-17-11-5-7-15-8-10(11)13(18-14)9-3-4-9/h1-2,6,9,15-16H,3-5,7-8H2. The Hall–Kier alpha value is -1.68. The monoisotopic (exact) mass is 240 g/mol. The van der Waals surface area contributed by atoms with E-state index in [4.69, 9.17) is 9.97 Å². The zero-order valence-electron chi connectivity index (χ0n) is 10.2. The van der Waals surface area contributed by atoms with Crippen LogP contribution in [0.1, 0.15) is 35.7 Å². The SMILES string of the molecule is c1c[nH]c(-c2nc3c(c(C4CC4)n2)CNCC3)c1. The molecule has 0 atom stereocenters. The Kier molecular flexibility index (Phi) is 2.23. The van der Waals surface area contributed by atoms with Crippen LogP contribution in [0.4, 0.5) is 0 Å². The molecule has 0 unspecified atom stereocenters. The number of aromatic nitrogens is 3. The van der Waals surface area contributed by atoms with E-state index >= 15 is 0 Å². The molecule has 0 saturated heterocycles. The molecule has 18 heavy (non-hydrogen) atoms. The molecule has 1 saturated carbocycles. The summed E-state index contributed by atoms with van der Waals surface area (Å²) in [5.41, 5.74) is 4.92. The van der Waals surface area contributed by atoms with Crippen molar-refractivity contribution in [1.29, 1.82) is 0 Å². The molecule has 0 radical (unpaired) electrons. The van der Waals surface area contributed by atoms with Gasteiger partial charge in [0.15, 0.2) is 5.82 Å². The fourth-order valence-corrected chi connectivity index (χ4v) is 2.65. The number of rotatable bonds is 2. The van der Waals surface area contributed by atoms with E-state index in [-0.39, 0.29) is 0 Å². The largest absolute Gasteiger partial charge is 0.359 e. The third-order valence-corrected chi connectivity index (χ3v) is 3.77. The summed E-state index contributed by atoms with van der Waals surface area (Å²) < 4.78 is 0. The molecule has 4 nitrogen and oxygen atoms in total. The van der Waals surface area contributed by atoms with Gasteiger partial charge in [-0.25, -0.2) is 9.97 Å². The maximum atomic E-state index is 4.81. The van der Waals surface area contributed by atoms with Crippen LogP contribution in [0.3, 0.4) is 0 Å². The molecule has 0 spiro atoms. The second-order valence-electron chi connectivity index (χ2n) is 5.14. The summed E-state index contributed by atoms with van der Waals surface area (Å²) in [5, 5.41) is 3.43. The Morgan fingerprint density at radius 2 is 2.17 bits per heavy atom. The average Bonchev–Trinajstić information content (AvgIpc) is 3.12. The molecule has 3 heterocycles. The van der Waals surface area contributed by atoms with Crippen LogP contribution in [0.2, 0.25) is 0 Å². The Morgan fingerprint density at radius 3 is 2.94 bits per heavy atom. The van der Waals surface area contributed by atoms with Gasteiger partial charge in [0.25, 0.3) is 0 Å². The van der Waals surface area contributed by atoms with E-state index in [9.17, 15) is 0 Å². The third-order valence-electron chi connectivity index (χ3n) is 3.77. The highest BCUT2D eigenvalue weighted by atomic mass is 15.0. The van der Waals surface area contributed by atoms with Crippen molar-refractivity contribution >= 4 is 0 Å². The minimum atomic E-state index is 0.676. The lowest BCUT2D eigenvalue weighted by Gasteiger charge is -2.19. The predicted molar refractivity (Wildman–Crippen MR) is 69.2 cm³/mol. The van der Waals surface area contributed by atoms with E-state index in [1.807, 2.05) is 18.3 Å². The van der Waals surface area contributed by atoms with Crippen molar-refractivity contribution in [3.05, 3.63) is 35.3 Å². The van der Waals surface area contributed by atoms with Crippen LogP contribution >= 0.6 is 0 Å². The lowest BCUT2D eigenvalue weighted by molar-refractivity contribution is 0.617. The summed E-state index contributed by atoms with van der Waals surface area (Å²) in [6, 6.07) is 4.04. The summed E-state index contributed by atoms with van der Waals surface area (Å²) in [6.45, 7) is 1.96. The van der Waals surface area contributed by atoms with E-state index in [1.54, 1.807) is 0 Å². The van der Waals surface area contributed by atoms with E-state index in [0.29, 0.717) is 5.92 Å². The van der Waals surface area contributed by atoms with Crippen molar-refractivity contribution in [1.82, 2.24) is 20.3 Å². The zero-order chi connectivity index (χ0) is 11.9. The van der Waals surface area contributed by atoms with Crippen LogP contribution in [0, 0.1) is 0 Å². The van der Waals surface area contributed by atoms with E-state index in [2.05, 4.69) is 10.3 Å². The van der Waals surface area contributed by atoms with Gasteiger partial charge in [-0.05, 0) is 25.0 Å². The van der Waals surface area contributed by atoms with Gasteiger partial charge in [0.05, 0.1) is 17.1 Å². The molecular weight excluding hydrogens is 224 g/mol. The van der Waals surface area contributed by atoms with Gasteiger partial charge in [-0.15, -0.1) is 0 Å². The lowest BCUT2D eigenvalue weighted by atomic mass is 10.0. The van der Waals surface area contributed by atoms with E-state index in [1.165, 1.54) is 29.8 Å². The molecule has 1 aliphatic heterocycles. The average molecular weight is 240 g/mol. The minimum absolute atomic E-state index is 0.676. The van der Waals surface area contributed by atoms with Gasteiger partial charge < -0.3 is 10.3 Å². The fourth-order valence-electron chi connectivity index (χ4n) is 2.65. The van der Waals surface area contributed by atoms with Gasteiger partial charge in [-0.2, -0.15) is 0 Å². The highest BCUT2D eigenvalue weighted by molar-refractivity contribution is 5.51. The molecule has 4 heteroatoms. The Labute approximate surface area is 106 Å². The van der Waals surface area contributed by atoms with Gasteiger partial charge in [0.1, 0.15) is 0 Å². The van der Waals surface area contributed by atoms with Crippen molar-refractivity contribution in [2.75, 3.05) is 6.54 Å². The van der Waals surface area contributed by atoms with Crippen LogP contribution in [-0.4, -0.2) is 21.5 Å². The molecule has 0 bridgehead atoms. The molecule has 2 aromatic heterocycles. The molecule has 1 fully saturated rings. The van der Waals surface area contributed by atoms with E-state index < -0.39 is 0 Å². The number of hydrogen-bond acceptors (Lipinski definition) is 3. The second kappa shape index (κ2) is 3.92. The first kappa shape index (κ1) is 10.3. The van der Waals surface area contributed by atoms with Gasteiger partial charge >= 0.3 is 0 Å². The molecule has 0 aromatic carbocycles. The number of fused-ring (bicyclic) bond motifs is 1. The van der Waals surface area contributed by atoms with Crippen LogP contribution in [-0.2, 0) is 13.0 Å². The minimum Gasteiger partial charge on any atom is -0.359 e. The van der Waals surface area contributed by atoms with Crippen LogP contribution in [0.15, 0.2) is 18.3 Å². The van der Waals surface area contributed by atoms with Crippen molar-refractivity contribution in [2.24, 2.45) is 0 Å². The lowest BCUT2D eigenvalue weighted by Crippen LogP contribution is -2.26. The first-order valence-electron chi connectivity index (χ1n) is 6.66. The Morgan fingerprint density at radius 1 is 1.22 bits per heavy atom. The van der Waals surface area contributed by atoms with Crippen LogP contribution in [0.5, 0.6) is 0 Å². The van der Waals surface area contributed by atoms with Crippen LogP contribution < -0.4 is 5.32 Å². The number of hydrogen-bond donors (Lipinski definition) is 2. The first-order valence-corrected chi connectivity index (χ1v) is 6.66. The van der Waals surface area contributed by atoms with Gasteiger partial charge in [0, 0.05) is 37.2 Å². The van der Waals surface area contributed by atoms with Gasteiger partial charge in [0.2, 0.25) is 0 Å². The Bertz CT molecular complexity index is 570. The highest BCUT2D eigenvalue weighted by Gasteiger charge is 2.30. The number of H-pyrrole nitrogens is 1. The maximum absolute atomic E-state index is 4.81. The molecular formula is C14H16N4. The molecule has 1 aliphatic carbocycles. The molecule has 2 aromatic rings. The maximum Gasteiger partial charge on any atom is 0.176 e. The summed E-state index contributed by atoms with van der Waals surface area (Å²) in [6.07, 6.45) is 5.52. The smallest absolute Gasteiger partial charge is 0.176 e. The molecule has 2 aliphatic rings. The van der Waals surface area contributed by atoms with E-state index in [0.717, 1.165) is 31.0 Å². The third kappa shape index (κ3) is 1.64. The first-order chi connectivity index (χ1) is 8.92. The normalized spacial score (nSPS) is 18.7. The quantitative estimate of drug-likeness (QED) is 0.844. The molecule has 4 rings (SSSR count). The summed E-state index contributed by atoms with van der Waals surface area (Å²) in [7, 11) is 0. The summed E-state index contributed by atoms with van der Waals surface area (Å²) in [4.78, 5) is 12.8. The van der Waals surface area contributed by atoms with Crippen molar-refractivity contribution < 1.29 is 0 Å². The van der Waals surface area contributed by atoms with Gasteiger partial charge in [-0.1, -0.05) is 0 Å². The number of aromatic amines is 1. The summed E-state index contributed by atoms with van der Waals surface area (Å²) in [5.74, 6) is 1.54. The molecule has 2 N–H and O–H groups in total. The predicted octanol–water partition coefficient (Wildman–Crippen LogP) is 1.99. The zero-order valence-corrected chi connectivity index (χ0v) is 10.2. The Balaban J connectivity index is 1.87. The fraction of sp³-hybridized carbons (Fsp3) is 0.429. The van der Waals surface area contributed by atoms with Crippen molar-refractivity contribution in [2.45, 2.75) is 31.7 Å². The highest BCUT2D eigenvalue weighted by Crippen LogP contribution is 2.42. The topological polar surface area (TPSA) is 53.6 Å².